The second-order valence-corrected chi connectivity index (χ2v) is 8.15. The summed E-state index contributed by atoms with van der Waals surface area (Å²) in [6, 6.07) is 0. The highest BCUT2D eigenvalue weighted by atomic mass is 16.3. The quantitative estimate of drug-likeness (QED) is 0.502. The average Bonchev–Trinajstić information content (AvgIpc) is 3.32. The number of rotatable bonds is 8. The van der Waals surface area contributed by atoms with Gasteiger partial charge in [-0.2, -0.15) is 19.2 Å². The van der Waals surface area contributed by atoms with Crippen LogP contribution < -0.4 is 0 Å². The minimum Gasteiger partial charge on any atom is -0.393 e. The number of carbonyl (C=O) groups excluding carboxylic acids is 5. The number of aliphatic hydroxyl groups is 1. The van der Waals surface area contributed by atoms with E-state index in [0.29, 0.717) is 23.5 Å². The molecule has 0 radical (unpaired) electrons. The molecule has 0 aliphatic heterocycles. The molecule has 6 heteroatoms. The summed E-state index contributed by atoms with van der Waals surface area (Å²) < 4.78 is 0. The van der Waals surface area contributed by atoms with Crippen molar-refractivity contribution in [2.45, 2.75) is 98.0 Å². The van der Waals surface area contributed by atoms with E-state index >= 15 is 0 Å². The van der Waals surface area contributed by atoms with Gasteiger partial charge in [-0.3, -0.25) is 4.79 Å². The molecule has 2 aliphatic carbocycles. The molecule has 5 unspecified atom stereocenters. The van der Waals surface area contributed by atoms with E-state index in [1.54, 1.807) is 0 Å². The van der Waals surface area contributed by atoms with Crippen LogP contribution in [0.1, 0.15) is 91.9 Å². The highest BCUT2D eigenvalue weighted by Gasteiger charge is 2.32. The van der Waals surface area contributed by atoms with Crippen molar-refractivity contribution in [3.63, 3.8) is 0 Å². The molecule has 2 rings (SSSR count). The molecule has 0 saturated heterocycles. The van der Waals surface area contributed by atoms with Crippen molar-refractivity contribution in [1.29, 1.82) is 0 Å². The van der Waals surface area contributed by atoms with Crippen molar-refractivity contribution in [2.24, 2.45) is 23.7 Å². The van der Waals surface area contributed by atoms with Gasteiger partial charge < -0.3 is 5.11 Å². The minimum absolute atomic E-state index is 0.0357. The highest BCUT2D eigenvalue weighted by Crippen LogP contribution is 2.36. The zero-order valence-electron chi connectivity index (χ0n) is 20.3. The van der Waals surface area contributed by atoms with Gasteiger partial charge in [0.25, 0.3) is 0 Å². The van der Waals surface area contributed by atoms with Crippen LogP contribution in [0.4, 0.5) is 0 Å². The lowest BCUT2D eigenvalue weighted by molar-refractivity contribution is -0.193. The summed E-state index contributed by atoms with van der Waals surface area (Å²) in [5, 5.41) is 9.76. The fourth-order valence-electron chi connectivity index (χ4n) is 4.60. The van der Waals surface area contributed by atoms with Crippen LogP contribution in [0.25, 0.3) is 0 Å². The number of hydrogen-bond acceptors (Lipinski definition) is 6. The number of Topliss-reactive ketones (excluding diaryl/α,β-unsaturated/α-hetero) is 1. The number of allylic oxidation sites excluding steroid dienone is 4. The summed E-state index contributed by atoms with van der Waals surface area (Å²) in [5.41, 5.74) is 0. The zero-order chi connectivity index (χ0) is 24.8. The predicted molar refractivity (Wildman–Crippen MR) is 122 cm³/mol. The molecule has 32 heavy (non-hydrogen) atoms. The van der Waals surface area contributed by atoms with Crippen LogP contribution in [0, 0.1) is 23.7 Å². The van der Waals surface area contributed by atoms with Gasteiger partial charge in [0.1, 0.15) is 5.78 Å². The van der Waals surface area contributed by atoms with Crippen LogP contribution >= 0.6 is 0 Å². The smallest absolute Gasteiger partial charge is 0.373 e. The number of carbonyl (C=O) groups is 1. The van der Waals surface area contributed by atoms with Crippen molar-refractivity contribution >= 4 is 18.1 Å². The molecule has 2 aliphatic rings. The Hall–Kier alpha value is -2.13. The van der Waals surface area contributed by atoms with E-state index in [-0.39, 0.29) is 18.4 Å². The summed E-state index contributed by atoms with van der Waals surface area (Å²) >= 11 is 0. The first-order chi connectivity index (χ1) is 15.4. The third-order valence-corrected chi connectivity index (χ3v) is 6.33. The topological polar surface area (TPSA) is 106 Å². The molecule has 0 aromatic rings. The van der Waals surface area contributed by atoms with Crippen molar-refractivity contribution in [3.05, 3.63) is 24.3 Å². The van der Waals surface area contributed by atoms with Gasteiger partial charge in [-0.05, 0) is 62.7 Å². The van der Waals surface area contributed by atoms with Gasteiger partial charge in [-0.15, -0.1) is 0 Å². The summed E-state index contributed by atoms with van der Waals surface area (Å²) in [6.07, 6.45) is 20.1. The molecule has 0 aromatic heterocycles. The Morgan fingerprint density at radius 3 is 1.75 bits per heavy atom. The number of hydrogen-bond donors (Lipinski definition) is 1. The monoisotopic (exact) mass is 450 g/mol. The Bertz CT molecular complexity index is 585. The van der Waals surface area contributed by atoms with E-state index < -0.39 is 0 Å². The van der Waals surface area contributed by atoms with Gasteiger partial charge in [-0.1, -0.05) is 64.8 Å². The average molecular weight is 451 g/mol. The molecule has 182 valence electrons. The van der Waals surface area contributed by atoms with Crippen LogP contribution in [0.3, 0.4) is 0 Å². The molecule has 0 heterocycles. The normalized spacial score (nSPS) is 26.3. The molecule has 0 aromatic carbocycles. The molecule has 6 nitrogen and oxygen atoms in total. The molecule has 2 saturated carbocycles. The zero-order valence-corrected chi connectivity index (χ0v) is 20.3. The van der Waals surface area contributed by atoms with Crippen LogP contribution in [0.5, 0.6) is 0 Å². The first kappa shape index (κ1) is 32.1. The van der Waals surface area contributed by atoms with E-state index in [4.69, 9.17) is 19.2 Å². The van der Waals surface area contributed by atoms with Gasteiger partial charge in [-0.25, -0.2) is 0 Å². The molecule has 0 spiro atoms. The third kappa shape index (κ3) is 14.0. The maximum Gasteiger partial charge on any atom is 0.373 e. The maximum atomic E-state index is 11.5. The SMILES string of the molecule is CC/C=C\CC1C(=O)CCC1CC.CC/C=C\CC1C(O)CCC1CC.O=C=O.O=C=O. The molecule has 5 atom stereocenters. The Morgan fingerprint density at radius 1 is 0.781 bits per heavy atom. The predicted octanol–water partition coefficient (Wildman–Crippen LogP) is 5.32. The second-order valence-electron chi connectivity index (χ2n) is 8.15. The molecule has 0 bridgehead atoms. The lowest BCUT2D eigenvalue weighted by Gasteiger charge is -2.18. The Morgan fingerprint density at radius 2 is 1.28 bits per heavy atom. The molecule has 2 fully saturated rings. The van der Waals surface area contributed by atoms with Crippen molar-refractivity contribution in [3.8, 4) is 0 Å². The third-order valence-electron chi connectivity index (χ3n) is 6.33. The Labute approximate surface area is 193 Å². The molecule has 1 N–H and O–H groups in total. The second kappa shape index (κ2) is 22.1. The van der Waals surface area contributed by atoms with Gasteiger partial charge in [0, 0.05) is 12.3 Å². The van der Waals surface area contributed by atoms with Gasteiger partial charge in [0.2, 0.25) is 0 Å². The van der Waals surface area contributed by atoms with E-state index in [0.717, 1.165) is 57.3 Å². The van der Waals surface area contributed by atoms with Crippen molar-refractivity contribution < 1.29 is 29.1 Å². The number of aliphatic hydroxyl groups excluding tert-OH is 1. The van der Waals surface area contributed by atoms with E-state index in [1.807, 2.05) is 0 Å². The van der Waals surface area contributed by atoms with Gasteiger partial charge in [0.05, 0.1) is 6.10 Å². The Kier molecular flexibility index (Phi) is 22.1. The van der Waals surface area contributed by atoms with Gasteiger partial charge in [0.15, 0.2) is 0 Å². The van der Waals surface area contributed by atoms with Crippen LogP contribution in [-0.2, 0) is 24.0 Å². The lowest BCUT2D eigenvalue weighted by Crippen LogP contribution is -2.17. The van der Waals surface area contributed by atoms with E-state index in [2.05, 4.69) is 52.0 Å². The summed E-state index contributed by atoms with van der Waals surface area (Å²) in [4.78, 5) is 44.0. The standard InChI is InChI=1S/C12H22O.C12H20O.2CO2/c2*1-3-5-6-7-11-10(4-2)8-9-12(11)13;2*2-1-3/h5-6,10-13H,3-4,7-9H2,1-2H3;5-6,10-11H,3-4,7-9H2,1-2H3;;/b2*6-5-;;. The summed E-state index contributed by atoms with van der Waals surface area (Å²) in [6.45, 7) is 8.71. The molecule has 0 amide bonds. The highest BCUT2D eigenvalue weighted by molar-refractivity contribution is 5.83. The summed E-state index contributed by atoms with van der Waals surface area (Å²) in [7, 11) is 0. The fraction of sp³-hybridized carbons (Fsp3) is 0.731. The fourth-order valence-corrected chi connectivity index (χ4v) is 4.60. The van der Waals surface area contributed by atoms with Gasteiger partial charge >= 0.3 is 12.3 Å². The maximum absolute atomic E-state index is 11.5. The van der Waals surface area contributed by atoms with Crippen LogP contribution in [0.2, 0.25) is 0 Å². The van der Waals surface area contributed by atoms with Crippen LogP contribution in [-0.4, -0.2) is 29.3 Å². The number of ketones is 1. The summed E-state index contributed by atoms with van der Waals surface area (Å²) in [5.74, 6) is 2.79. The molecular weight excluding hydrogens is 408 g/mol. The van der Waals surface area contributed by atoms with E-state index in [9.17, 15) is 9.90 Å². The minimum atomic E-state index is -0.0357. The van der Waals surface area contributed by atoms with Crippen molar-refractivity contribution in [1.82, 2.24) is 0 Å². The first-order valence-corrected chi connectivity index (χ1v) is 11.9. The Balaban J connectivity index is 0. The lowest BCUT2D eigenvalue weighted by atomic mass is 9.89. The first-order valence-electron chi connectivity index (χ1n) is 11.9. The molecular formula is C26H42O6. The van der Waals surface area contributed by atoms with Crippen LogP contribution in [0.15, 0.2) is 24.3 Å². The largest absolute Gasteiger partial charge is 0.393 e. The van der Waals surface area contributed by atoms with Crippen molar-refractivity contribution in [2.75, 3.05) is 0 Å². The van der Waals surface area contributed by atoms with E-state index in [1.165, 1.54) is 12.8 Å².